The Labute approximate surface area is 97.7 Å². The van der Waals surface area contributed by atoms with Gasteiger partial charge in [0.05, 0.1) is 4.91 Å². The van der Waals surface area contributed by atoms with E-state index >= 15 is 0 Å². The maximum Gasteiger partial charge on any atom is 0.257 e. The Hall–Kier alpha value is -0.930. The predicted molar refractivity (Wildman–Crippen MR) is 64.9 cm³/mol. The zero-order valence-electron chi connectivity index (χ0n) is 8.00. The van der Waals surface area contributed by atoms with Crippen LogP contribution in [-0.4, -0.2) is 18.2 Å². The minimum absolute atomic E-state index is 0.0150. The average molecular weight is 240 g/mol. The van der Waals surface area contributed by atoms with Crippen molar-refractivity contribution < 1.29 is 4.79 Å². The van der Waals surface area contributed by atoms with Gasteiger partial charge in [0.15, 0.2) is 0 Å². The highest BCUT2D eigenvalue weighted by atomic mass is 35.5. The van der Waals surface area contributed by atoms with Gasteiger partial charge in [-0.15, -0.1) is 11.8 Å². The number of carbonyl (C=O) groups is 1. The van der Waals surface area contributed by atoms with Crippen molar-refractivity contribution in [2.45, 2.75) is 0 Å². The molecule has 1 aliphatic rings. The minimum Gasteiger partial charge on any atom is -0.351 e. The van der Waals surface area contributed by atoms with Crippen LogP contribution < -0.4 is 5.32 Å². The van der Waals surface area contributed by atoms with E-state index in [1.165, 1.54) is 0 Å². The van der Waals surface area contributed by atoms with E-state index in [0.29, 0.717) is 5.02 Å². The first kappa shape index (κ1) is 10.6. The molecular formula is C11H10ClNOS. The zero-order chi connectivity index (χ0) is 10.7. The molecule has 0 spiro atoms. The van der Waals surface area contributed by atoms with E-state index in [4.69, 9.17) is 11.6 Å². The summed E-state index contributed by atoms with van der Waals surface area (Å²) in [5, 5.41) is 3.52. The fraction of sp³-hybridized carbons (Fsp3) is 0.182. The van der Waals surface area contributed by atoms with Crippen molar-refractivity contribution in [2.24, 2.45) is 0 Å². The highest BCUT2D eigenvalue weighted by Crippen LogP contribution is 2.22. The summed E-state index contributed by atoms with van der Waals surface area (Å²) in [6.45, 7) is 0.751. The van der Waals surface area contributed by atoms with Crippen LogP contribution in [0.1, 0.15) is 5.56 Å². The summed E-state index contributed by atoms with van der Waals surface area (Å²) in [5.41, 5.74) is 0.999. The van der Waals surface area contributed by atoms with Gasteiger partial charge in [0.25, 0.3) is 5.91 Å². The molecule has 0 saturated carbocycles. The number of thioether (sulfide) groups is 1. The van der Waals surface area contributed by atoms with Crippen LogP contribution in [0.2, 0.25) is 5.02 Å². The Morgan fingerprint density at radius 1 is 1.33 bits per heavy atom. The summed E-state index contributed by atoms with van der Waals surface area (Å²) in [6, 6.07) is 7.44. The summed E-state index contributed by atoms with van der Waals surface area (Å²) < 4.78 is 0. The number of hydrogen-bond acceptors (Lipinski definition) is 2. The van der Waals surface area contributed by atoms with Gasteiger partial charge in [-0.05, 0) is 23.8 Å². The lowest BCUT2D eigenvalue weighted by atomic mass is 10.2. The Balaban J connectivity index is 2.21. The van der Waals surface area contributed by atoms with E-state index in [1.807, 2.05) is 30.3 Å². The largest absolute Gasteiger partial charge is 0.351 e. The molecule has 2 rings (SSSR count). The van der Waals surface area contributed by atoms with Gasteiger partial charge >= 0.3 is 0 Å². The monoisotopic (exact) mass is 239 g/mol. The van der Waals surface area contributed by atoms with Crippen LogP contribution in [0.15, 0.2) is 29.2 Å². The Kier molecular flexibility index (Phi) is 3.34. The summed E-state index contributed by atoms with van der Waals surface area (Å²) in [7, 11) is 0. The third kappa shape index (κ3) is 2.76. The molecule has 1 fully saturated rings. The summed E-state index contributed by atoms with van der Waals surface area (Å²) in [6.07, 6.45) is 1.88. The van der Waals surface area contributed by atoms with Gasteiger partial charge < -0.3 is 5.32 Å². The molecular weight excluding hydrogens is 230 g/mol. The third-order valence-electron chi connectivity index (χ3n) is 2.04. The Morgan fingerprint density at radius 2 is 2.07 bits per heavy atom. The van der Waals surface area contributed by atoms with E-state index in [0.717, 1.165) is 22.8 Å². The molecule has 1 N–H and O–H groups in total. The van der Waals surface area contributed by atoms with Gasteiger partial charge in [-0.25, -0.2) is 0 Å². The van der Waals surface area contributed by atoms with Crippen LogP contribution in [-0.2, 0) is 4.79 Å². The highest BCUT2D eigenvalue weighted by molar-refractivity contribution is 8.04. The van der Waals surface area contributed by atoms with Crippen molar-refractivity contribution in [2.75, 3.05) is 12.3 Å². The van der Waals surface area contributed by atoms with Crippen molar-refractivity contribution >= 4 is 35.3 Å². The molecule has 1 amide bonds. The van der Waals surface area contributed by atoms with Crippen LogP contribution in [0, 0.1) is 0 Å². The second kappa shape index (κ2) is 4.73. The van der Waals surface area contributed by atoms with Crippen molar-refractivity contribution in [1.29, 1.82) is 0 Å². The van der Waals surface area contributed by atoms with Crippen molar-refractivity contribution in [3.8, 4) is 0 Å². The van der Waals surface area contributed by atoms with Crippen LogP contribution in [0.25, 0.3) is 6.08 Å². The van der Waals surface area contributed by atoms with E-state index < -0.39 is 0 Å². The number of amides is 1. The van der Waals surface area contributed by atoms with Crippen molar-refractivity contribution in [3.63, 3.8) is 0 Å². The molecule has 78 valence electrons. The molecule has 0 radical (unpaired) electrons. The fourth-order valence-corrected chi connectivity index (χ4v) is 2.27. The molecule has 1 heterocycles. The number of benzene rings is 1. The van der Waals surface area contributed by atoms with Crippen molar-refractivity contribution in [1.82, 2.24) is 5.32 Å². The fourth-order valence-electron chi connectivity index (χ4n) is 1.30. The Morgan fingerprint density at radius 3 is 2.73 bits per heavy atom. The summed E-state index contributed by atoms with van der Waals surface area (Å²) in [5.74, 6) is 0.951. The third-order valence-corrected chi connectivity index (χ3v) is 3.31. The molecule has 1 aromatic carbocycles. The summed E-state index contributed by atoms with van der Waals surface area (Å²) >= 11 is 7.36. The van der Waals surface area contributed by atoms with Crippen molar-refractivity contribution in [3.05, 3.63) is 39.8 Å². The topological polar surface area (TPSA) is 29.1 Å². The normalized spacial score (nSPS) is 19.0. The quantitative estimate of drug-likeness (QED) is 0.764. The van der Waals surface area contributed by atoms with Gasteiger partial charge in [0.2, 0.25) is 0 Å². The SMILES string of the molecule is O=C1NCCSC1=Cc1ccc(Cl)cc1. The molecule has 1 aromatic rings. The first-order chi connectivity index (χ1) is 7.25. The van der Waals surface area contributed by atoms with Gasteiger partial charge in [-0.2, -0.15) is 0 Å². The lowest BCUT2D eigenvalue weighted by Gasteiger charge is -2.13. The minimum atomic E-state index is 0.0150. The lowest BCUT2D eigenvalue weighted by Crippen LogP contribution is -2.30. The van der Waals surface area contributed by atoms with E-state index in [2.05, 4.69) is 5.32 Å². The molecule has 0 aliphatic carbocycles. The van der Waals surface area contributed by atoms with Gasteiger partial charge in [0.1, 0.15) is 0 Å². The molecule has 0 unspecified atom stereocenters. The number of nitrogens with one attached hydrogen (secondary N) is 1. The standard InChI is InChI=1S/C11H10ClNOS/c12-9-3-1-8(2-4-9)7-10-11(14)13-5-6-15-10/h1-4,7H,5-6H2,(H,13,14). The molecule has 1 saturated heterocycles. The maximum atomic E-state index is 11.4. The number of rotatable bonds is 1. The van der Waals surface area contributed by atoms with E-state index in [1.54, 1.807) is 11.8 Å². The Bertz CT molecular complexity index is 400. The molecule has 1 aliphatic heterocycles. The summed E-state index contributed by atoms with van der Waals surface area (Å²) in [4.78, 5) is 12.2. The number of carbonyl (C=O) groups excluding carboxylic acids is 1. The molecule has 15 heavy (non-hydrogen) atoms. The van der Waals surface area contributed by atoms with Gasteiger partial charge in [-0.1, -0.05) is 23.7 Å². The first-order valence-electron chi connectivity index (χ1n) is 4.64. The van der Waals surface area contributed by atoms with Gasteiger partial charge in [0, 0.05) is 17.3 Å². The van der Waals surface area contributed by atoms with E-state index in [9.17, 15) is 4.79 Å². The number of halogens is 1. The highest BCUT2D eigenvalue weighted by Gasteiger charge is 2.14. The zero-order valence-corrected chi connectivity index (χ0v) is 9.57. The van der Waals surface area contributed by atoms with Crippen LogP contribution in [0.5, 0.6) is 0 Å². The first-order valence-corrected chi connectivity index (χ1v) is 6.00. The van der Waals surface area contributed by atoms with Crippen LogP contribution >= 0.6 is 23.4 Å². The molecule has 0 atom stereocenters. The van der Waals surface area contributed by atoms with E-state index in [-0.39, 0.29) is 5.91 Å². The van der Waals surface area contributed by atoms with Crippen LogP contribution in [0.3, 0.4) is 0 Å². The van der Waals surface area contributed by atoms with Crippen LogP contribution in [0.4, 0.5) is 0 Å². The molecule has 4 heteroatoms. The molecule has 0 aromatic heterocycles. The van der Waals surface area contributed by atoms with Gasteiger partial charge in [-0.3, -0.25) is 4.79 Å². The molecule has 2 nitrogen and oxygen atoms in total. The lowest BCUT2D eigenvalue weighted by molar-refractivity contribution is -0.116. The molecule has 0 bridgehead atoms. The smallest absolute Gasteiger partial charge is 0.257 e. The predicted octanol–water partition coefficient (Wildman–Crippen LogP) is 2.54. The second-order valence-electron chi connectivity index (χ2n) is 3.16. The second-order valence-corrected chi connectivity index (χ2v) is 4.74. The average Bonchev–Trinajstić information content (AvgIpc) is 2.25. The number of hydrogen-bond donors (Lipinski definition) is 1. The maximum absolute atomic E-state index is 11.4.